The van der Waals surface area contributed by atoms with Gasteiger partial charge < -0.3 is 15.6 Å². The first-order chi connectivity index (χ1) is 9.48. The number of ether oxygens (including phenoxy) is 1. The molecule has 108 valence electrons. The van der Waals surface area contributed by atoms with E-state index >= 15 is 0 Å². The first-order valence-electron chi connectivity index (χ1n) is 6.15. The lowest BCUT2D eigenvalue weighted by Crippen LogP contribution is -2.40. The molecule has 0 bridgehead atoms. The molecule has 0 aromatic carbocycles. The fourth-order valence-electron chi connectivity index (χ4n) is 2.45. The van der Waals surface area contributed by atoms with Gasteiger partial charge in [-0.3, -0.25) is 4.98 Å². The van der Waals surface area contributed by atoms with Crippen molar-refractivity contribution in [1.29, 1.82) is 0 Å². The molecule has 0 aliphatic carbocycles. The van der Waals surface area contributed by atoms with Gasteiger partial charge in [-0.15, -0.1) is 34.5 Å². The highest BCUT2D eigenvalue weighted by molar-refractivity contribution is 7.18. The van der Waals surface area contributed by atoms with Crippen molar-refractivity contribution in [3.63, 3.8) is 0 Å². The van der Waals surface area contributed by atoms with Gasteiger partial charge in [0, 0.05) is 11.8 Å². The molecule has 0 spiro atoms. The van der Waals surface area contributed by atoms with Gasteiger partial charge in [-0.1, -0.05) is 0 Å². The Hall–Kier alpha value is -0.590. The predicted octanol–water partition coefficient (Wildman–Crippen LogP) is 2.92. The van der Waals surface area contributed by atoms with E-state index in [1.165, 1.54) is 11.3 Å². The highest BCUT2D eigenvalue weighted by Gasteiger charge is 2.51. The average molecular weight is 333 g/mol. The van der Waals surface area contributed by atoms with E-state index in [-0.39, 0.29) is 5.88 Å². The van der Waals surface area contributed by atoms with E-state index in [0.717, 1.165) is 15.8 Å². The molecule has 3 heterocycles. The van der Waals surface area contributed by atoms with Crippen molar-refractivity contribution in [2.75, 3.05) is 11.6 Å². The first kappa shape index (κ1) is 14.4. The Labute approximate surface area is 130 Å². The number of fused-ring (bicyclic) bond motifs is 1. The maximum absolute atomic E-state index is 10.2. The number of aromatic nitrogens is 1. The Kier molecular flexibility index (Phi) is 3.59. The lowest BCUT2D eigenvalue weighted by Gasteiger charge is -2.24. The van der Waals surface area contributed by atoms with Crippen LogP contribution in [0.5, 0.6) is 0 Å². The van der Waals surface area contributed by atoms with Gasteiger partial charge in [0.15, 0.2) is 0 Å². The summed E-state index contributed by atoms with van der Waals surface area (Å²) in [4.78, 5) is 4.36. The topological polar surface area (TPSA) is 68.4 Å². The summed E-state index contributed by atoms with van der Waals surface area (Å²) in [6.07, 6.45) is 0.379. The molecule has 0 unspecified atom stereocenters. The highest BCUT2D eigenvalue weighted by Crippen LogP contribution is 2.46. The van der Waals surface area contributed by atoms with Gasteiger partial charge in [-0.25, -0.2) is 0 Å². The monoisotopic (exact) mass is 332 g/mol. The Morgan fingerprint density at radius 1 is 1.60 bits per heavy atom. The molecule has 1 fully saturated rings. The Balaban J connectivity index is 2.06. The van der Waals surface area contributed by atoms with Gasteiger partial charge in [0.25, 0.3) is 0 Å². The van der Waals surface area contributed by atoms with Crippen molar-refractivity contribution in [1.82, 2.24) is 4.98 Å². The van der Waals surface area contributed by atoms with Crippen LogP contribution in [0.15, 0.2) is 17.6 Å². The van der Waals surface area contributed by atoms with E-state index in [9.17, 15) is 5.11 Å². The number of hydrogen-bond acceptors (Lipinski definition) is 5. The standard InChI is InChI=1S/C13H14Cl2N2O2S/c1-13(5-14)12(18)8(15)10(19-13)6-4-20-11-7(16)2-3-17-9(6)11/h2-4,8,10,12,18H,5H2,1H3,(H2,16,17)/t8-,10-,12-,13-/m0/s1. The normalized spacial score (nSPS) is 33.9. The number of halogens is 2. The van der Waals surface area contributed by atoms with Crippen molar-refractivity contribution in [2.45, 2.75) is 30.1 Å². The Morgan fingerprint density at radius 2 is 2.35 bits per heavy atom. The third-order valence-electron chi connectivity index (χ3n) is 3.70. The van der Waals surface area contributed by atoms with Crippen molar-refractivity contribution in [3.05, 3.63) is 23.2 Å². The number of thiophene rings is 1. The second-order valence-electron chi connectivity index (χ2n) is 5.14. The summed E-state index contributed by atoms with van der Waals surface area (Å²) in [5.74, 6) is 0.172. The van der Waals surface area contributed by atoms with Crippen molar-refractivity contribution in [2.24, 2.45) is 0 Å². The van der Waals surface area contributed by atoms with Crippen LogP contribution < -0.4 is 5.73 Å². The fraction of sp³-hybridized carbons (Fsp3) is 0.462. The second-order valence-corrected chi connectivity index (χ2v) is 6.79. The lowest BCUT2D eigenvalue weighted by atomic mass is 9.99. The molecule has 1 saturated heterocycles. The number of nitrogens with two attached hydrogens (primary N) is 1. The number of alkyl halides is 2. The van der Waals surface area contributed by atoms with Crippen LogP contribution in [-0.4, -0.2) is 33.1 Å². The third-order valence-corrected chi connectivity index (χ3v) is 5.73. The van der Waals surface area contributed by atoms with Crippen LogP contribution in [-0.2, 0) is 4.74 Å². The Morgan fingerprint density at radius 3 is 3.00 bits per heavy atom. The molecule has 7 heteroatoms. The molecule has 4 atom stereocenters. The van der Waals surface area contributed by atoms with E-state index in [0.29, 0.717) is 5.69 Å². The average Bonchev–Trinajstić information content (AvgIpc) is 2.96. The number of nitrogen functional groups attached to an aromatic ring is 1. The van der Waals surface area contributed by atoms with Crippen LogP contribution in [0.25, 0.3) is 10.2 Å². The number of pyridine rings is 1. The molecule has 1 aliphatic heterocycles. The van der Waals surface area contributed by atoms with Crippen LogP contribution in [0.1, 0.15) is 18.6 Å². The van der Waals surface area contributed by atoms with Gasteiger partial charge in [0.2, 0.25) is 0 Å². The van der Waals surface area contributed by atoms with E-state index in [1.54, 1.807) is 19.2 Å². The summed E-state index contributed by atoms with van der Waals surface area (Å²) in [6, 6.07) is 1.76. The predicted molar refractivity (Wildman–Crippen MR) is 82.6 cm³/mol. The number of aliphatic hydroxyl groups excluding tert-OH is 1. The zero-order valence-electron chi connectivity index (χ0n) is 10.7. The maximum Gasteiger partial charge on any atom is 0.107 e. The van der Waals surface area contributed by atoms with Crippen molar-refractivity contribution < 1.29 is 9.84 Å². The van der Waals surface area contributed by atoms with Gasteiger partial charge in [-0.05, 0) is 18.4 Å². The molecule has 0 radical (unpaired) electrons. The van der Waals surface area contributed by atoms with Crippen LogP contribution in [0.4, 0.5) is 5.69 Å². The van der Waals surface area contributed by atoms with Gasteiger partial charge in [0.1, 0.15) is 17.8 Å². The fourth-order valence-corrected chi connectivity index (χ4v) is 4.10. The summed E-state index contributed by atoms with van der Waals surface area (Å²) >= 11 is 13.7. The van der Waals surface area contributed by atoms with Crippen molar-refractivity contribution in [3.8, 4) is 0 Å². The number of aliphatic hydroxyl groups is 1. The quantitative estimate of drug-likeness (QED) is 0.829. The molecule has 0 saturated carbocycles. The molecule has 4 nitrogen and oxygen atoms in total. The molecular formula is C13H14Cl2N2O2S. The molecule has 3 rings (SSSR count). The van der Waals surface area contributed by atoms with Gasteiger partial charge >= 0.3 is 0 Å². The van der Waals surface area contributed by atoms with Crippen molar-refractivity contribution >= 4 is 50.4 Å². The van der Waals surface area contributed by atoms with Crippen LogP contribution >= 0.6 is 34.5 Å². The Bertz CT molecular complexity index is 650. The molecule has 3 N–H and O–H groups in total. The zero-order valence-corrected chi connectivity index (χ0v) is 13.0. The second kappa shape index (κ2) is 5.00. The number of rotatable bonds is 2. The molecule has 2 aromatic rings. The summed E-state index contributed by atoms with van der Waals surface area (Å²) in [7, 11) is 0. The lowest BCUT2D eigenvalue weighted by molar-refractivity contribution is -0.0540. The van der Waals surface area contributed by atoms with Crippen LogP contribution in [0, 0.1) is 0 Å². The maximum atomic E-state index is 10.2. The zero-order chi connectivity index (χ0) is 14.5. The smallest absolute Gasteiger partial charge is 0.107 e. The van der Waals surface area contributed by atoms with E-state index in [2.05, 4.69) is 4.98 Å². The molecular weight excluding hydrogens is 319 g/mol. The first-order valence-corrected chi connectivity index (χ1v) is 8.00. The molecule has 0 amide bonds. The minimum atomic E-state index is -0.854. The summed E-state index contributed by atoms with van der Waals surface area (Å²) in [5, 5.41) is 11.6. The number of nitrogens with zero attached hydrogens (tertiary/aromatic N) is 1. The molecule has 1 aliphatic rings. The van der Waals surface area contributed by atoms with Crippen LogP contribution in [0.2, 0.25) is 0 Å². The van der Waals surface area contributed by atoms with E-state index in [4.69, 9.17) is 33.7 Å². The van der Waals surface area contributed by atoms with Gasteiger partial charge in [0.05, 0.1) is 27.2 Å². The molecule has 2 aromatic heterocycles. The largest absolute Gasteiger partial charge is 0.397 e. The SMILES string of the molecule is C[C@@]1(CCl)O[C@@H](c2csc3c(N)ccnc23)[C@H](Cl)[C@@H]1O. The van der Waals surface area contributed by atoms with Crippen LogP contribution in [0.3, 0.4) is 0 Å². The summed E-state index contributed by atoms with van der Waals surface area (Å²) in [5.41, 5.74) is 7.39. The minimum Gasteiger partial charge on any atom is -0.397 e. The van der Waals surface area contributed by atoms with E-state index in [1.807, 2.05) is 5.38 Å². The summed E-state index contributed by atoms with van der Waals surface area (Å²) < 4.78 is 6.83. The van der Waals surface area contributed by atoms with Gasteiger partial charge in [-0.2, -0.15) is 0 Å². The number of hydrogen-bond donors (Lipinski definition) is 2. The number of anilines is 1. The highest BCUT2D eigenvalue weighted by atomic mass is 35.5. The molecule has 20 heavy (non-hydrogen) atoms. The van der Waals surface area contributed by atoms with E-state index < -0.39 is 23.2 Å². The third kappa shape index (κ3) is 2.00. The minimum absolute atomic E-state index is 0.172. The summed E-state index contributed by atoms with van der Waals surface area (Å²) in [6.45, 7) is 1.76.